The normalized spacial score (nSPS) is 34.4. The van der Waals surface area contributed by atoms with Crippen molar-refractivity contribution in [2.75, 3.05) is 6.61 Å². The summed E-state index contributed by atoms with van der Waals surface area (Å²) in [7, 11) is 0. The van der Waals surface area contributed by atoms with Crippen molar-refractivity contribution in [1.82, 2.24) is 0 Å². The average Bonchev–Trinajstić information content (AvgIpc) is 3.14. The molecule has 0 radical (unpaired) electrons. The van der Waals surface area contributed by atoms with Crippen LogP contribution in [0.2, 0.25) is 5.02 Å². The number of nitro benzene ring substituents is 1. The standard InChI is InChI=1S/C28H30ClNO7/c1-26-10-7-18(31)13-16(26)3-5-19-21(26)8-11-27(2)22(19)9-12-28(27,34)24(32)15-37-25(33)20-6-4-17(30(35)36)14-23(20)29/h4,6,8,13-14,19,22,34H,3,5,7,9-12,15H2,1-2H3/t19-,22+,26+,27-,28-/m1/s1. The molecule has 0 bridgehead atoms. The largest absolute Gasteiger partial charge is 0.454 e. The topological polar surface area (TPSA) is 124 Å². The molecular formula is C28H30ClNO7. The number of esters is 1. The Morgan fingerprint density at radius 1 is 1.22 bits per heavy atom. The molecule has 196 valence electrons. The second kappa shape index (κ2) is 8.88. The van der Waals surface area contributed by atoms with Crippen molar-refractivity contribution in [3.05, 3.63) is 62.2 Å². The first-order chi connectivity index (χ1) is 17.4. The van der Waals surface area contributed by atoms with Gasteiger partial charge in [0, 0.05) is 29.4 Å². The van der Waals surface area contributed by atoms with E-state index in [1.165, 1.54) is 17.2 Å². The Hall–Kier alpha value is -2.84. The number of hydrogen-bond acceptors (Lipinski definition) is 7. The van der Waals surface area contributed by atoms with Gasteiger partial charge in [0.25, 0.3) is 5.69 Å². The number of aliphatic hydroxyl groups is 1. The first-order valence-electron chi connectivity index (χ1n) is 12.7. The fourth-order valence-electron chi connectivity index (χ4n) is 7.44. The van der Waals surface area contributed by atoms with Crippen molar-refractivity contribution in [1.29, 1.82) is 0 Å². The predicted molar refractivity (Wildman–Crippen MR) is 135 cm³/mol. The van der Waals surface area contributed by atoms with E-state index in [0.29, 0.717) is 25.7 Å². The van der Waals surface area contributed by atoms with E-state index in [9.17, 15) is 29.6 Å². The van der Waals surface area contributed by atoms with E-state index in [0.717, 1.165) is 31.4 Å². The second-order valence-corrected chi connectivity index (χ2v) is 11.7. The van der Waals surface area contributed by atoms with Crippen LogP contribution < -0.4 is 0 Å². The van der Waals surface area contributed by atoms with Gasteiger partial charge in [-0.15, -0.1) is 0 Å². The van der Waals surface area contributed by atoms with Crippen molar-refractivity contribution in [2.45, 2.75) is 64.4 Å². The summed E-state index contributed by atoms with van der Waals surface area (Å²) in [5.41, 5.74) is -0.274. The number of hydrogen-bond donors (Lipinski definition) is 1. The number of fused-ring (bicyclic) bond motifs is 5. The molecule has 0 aromatic heterocycles. The molecule has 4 aliphatic rings. The van der Waals surface area contributed by atoms with Crippen LogP contribution in [0.25, 0.3) is 0 Å². The number of ether oxygens (including phenoxy) is 1. The van der Waals surface area contributed by atoms with Gasteiger partial charge in [0.05, 0.1) is 15.5 Å². The van der Waals surface area contributed by atoms with Crippen molar-refractivity contribution in [2.24, 2.45) is 22.7 Å². The van der Waals surface area contributed by atoms with E-state index >= 15 is 0 Å². The Morgan fingerprint density at radius 2 is 1.97 bits per heavy atom. The Balaban J connectivity index is 1.34. The Bertz CT molecular complexity index is 1290. The highest BCUT2D eigenvalue weighted by Gasteiger charge is 2.64. The van der Waals surface area contributed by atoms with Crippen molar-refractivity contribution in [3.63, 3.8) is 0 Å². The van der Waals surface area contributed by atoms with Gasteiger partial charge in [-0.05, 0) is 62.5 Å². The Labute approximate surface area is 219 Å². The molecule has 0 saturated heterocycles. The molecular weight excluding hydrogens is 498 g/mol. The summed E-state index contributed by atoms with van der Waals surface area (Å²) in [6.07, 6.45) is 8.60. The van der Waals surface area contributed by atoms with Crippen LogP contribution in [0.4, 0.5) is 5.69 Å². The molecule has 1 N–H and O–H groups in total. The van der Waals surface area contributed by atoms with E-state index in [1.807, 2.05) is 13.0 Å². The van der Waals surface area contributed by atoms with Gasteiger partial charge in [-0.2, -0.15) is 0 Å². The SMILES string of the molecule is C[C@]12CCC(=O)C=C1CC[C@@H]1C2=CC[C@]2(C)[C@H]1CC[C@@]2(O)C(=O)COC(=O)c1ccc([N+](=O)[O-])cc1Cl. The molecule has 2 saturated carbocycles. The van der Waals surface area contributed by atoms with Gasteiger partial charge in [-0.25, -0.2) is 4.79 Å². The zero-order valence-electron chi connectivity index (χ0n) is 20.9. The maximum Gasteiger partial charge on any atom is 0.340 e. The van der Waals surface area contributed by atoms with Crippen LogP contribution in [0.3, 0.4) is 0 Å². The van der Waals surface area contributed by atoms with Crippen molar-refractivity contribution >= 4 is 34.8 Å². The van der Waals surface area contributed by atoms with Crippen LogP contribution in [0.5, 0.6) is 0 Å². The summed E-state index contributed by atoms with van der Waals surface area (Å²) < 4.78 is 5.22. The third-order valence-corrected chi connectivity index (χ3v) is 9.98. The zero-order chi connectivity index (χ0) is 26.8. The van der Waals surface area contributed by atoms with E-state index < -0.39 is 34.3 Å². The van der Waals surface area contributed by atoms with Gasteiger partial charge in [0.15, 0.2) is 12.4 Å². The third-order valence-electron chi connectivity index (χ3n) is 9.67. The highest BCUT2D eigenvalue weighted by Crippen LogP contribution is 2.65. The van der Waals surface area contributed by atoms with E-state index in [-0.39, 0.29) is 39.3 Å². The third kappa shape index (κ3) is 3.87. The first kappa shape index (κ1) is 25.8. The minimum Gasteiger partial charge on any atom is -0.454 e. The van der Waals surface area contributed by atoms with Crippen LogP contribution in [-0.4, -0.2) is 39.8 Å². The molecule has 37 heavy (non-hydrogen) atoms. The summed E-state index contributed by atoms with van der Waals surface area (Å²) in [6, 6.07) is 3.38. The lowest BCUT2D eigenvalue weighted by molar-refractivity contribution is -0.384. The molecule has 5 atom stereocenters. The number of halogens is 1. The predicted octanol–water partition coefficient (Wildman–Crippen LogP) is 5.16. The number of Topliss-reactive ketones (excluding diaryl/α,β-unsaturated/α-hetero) is 1. The van der Waals surface area contributed by atoms with Crippen molar-refractivity contribution in [3.8, 4) is 0 Å². The van der Waals surface area contributed by atoms with Gasteiger partial charge >= 0.3 is 5.97 Å². The minimum absolute atomic E-state index is 0.0851. The smallest absolute Gasteiger partial charge is 0.340 e. The summed E-state index contributed by atoms with van der Waals surface area (Å²) in [5, 5.41) is 22.5. The quantitative estimate of drug-likeness (QED) is 0.243. The summed E-state index contributed by atoms with van der Waals surface area (Å²) in [4.78, 5) is 48.2. The highest BCUT2D eigenvalue weighted by molar-refractivity contribution is 6.33. The van der Waals surface area contributed by atoms with Gasteiger partial charge in [0.1, 0.15) is 5.60 Å². The number of nitrogens with zero attached hydrogens (tertiary/aromatic N) is 1. The van der Waals surface area contributed by atoms with E-state index in [2.05, 4.69) is 13.0 Å². The number of nitro groups is 1. The Morgan fingerprint density at radius 3 is 2.68 bits per heavy atom. The summed E-state index contributed by atoms with van der Waals surface area (Å²) in [5.74, 6) is -0.896. The minimum atomic E-state index is -1.64. The van der Waals surface area contributed by atoms with Crippen LogP contribution in [0, 0.1) is 32.8 Å². The molecule has 4 aliphatic carbocycles. The molecule has 1 aromatic carbocycles. The second-order valence-electron chi connectivity index (χ2n) is 11.3. The van der Waals surface area contributed by atoms with Crippen molar-refractivity contribution < 1.29 is 29.2 Å². The molecule has 8 nitrogen and oxygen atoms in total. The number of carbonyl (C=O) groups excluding carboxylic acids is 3. The molecule has 1 aromatic rings. The molecule has 9 heteroatoms. The van der Waals surface area contributed by atoms with Gasteiger partial charge in [0.2, 0.25) is 5.78 Å². The summed E-state index contributed by atoms with van der Waals surface area (Å²) in [6.45, 7) is 3.57. The van der Waals surface area contributed by atoms with Crippen LogP contribution in [-0.2, 0) is 14.3 Å². The van der Waals surface area contributed by atoms with Crippen LogP contribution in [0.1, 0.15) is 69.2 Å². The molecule has 5 rings (SSSR count). The molecule has 2 fully saturated rings. The number of non-ortho nitro benzene ring substituents is 1. The fourth-order valence-corrected chi connectivity index (χ4v) is 7.69. The maximum atomic E-state index is 13.4. The monoisotopic (exact) mass is 527 g/mol. The number of ketones is 2. The molecule has 0 unspecified atom stereocenters. The lowest BCUT2D eigenvalue weighted by Crippen LogP contribution is -2.55. The molecule has 0 heterocycles. The molecule has 0 spiro atoms. The lowest BCUT2D eigenvalue weighted by Gasteiger charge is -2.54. The van der Waals surface area contributed by atoms with Gasteiger partial charge in [-0.1, -0.05) is 42.7 Å². The van der Waals surface area contributed by atoms with E-state index in [4.69, 9.17) is 16.3 Å². The van der Waals surface area contributed by atoms with Gasteiger partial charge < -0.3 is 9.84 Å². The first-order valence-corrected chi connectivity index (χ1v) is 13.1. The van der Waals surface area contributed by atoms with Crippen LogP contribution >= 0.6 is 11.6 Å². The molecule has 0 amide bonds. The average molecular weight is 528 g/mol. The lowest BCUT2D eigenvalue weighted by atomic mass is 9.50. The maximum absolute atomic E-state index is 13.4. The molecule has 0 aliphatic heterocycles. The van der Waals surface area contributed by atoms with E-state index in [1.54, 1.807) is 0 Å². The number of rotatable bonds is 5. The number of allylic oxidation sites excluding steroid dienone is 4. The zero-order valence-corrected chi connectivity index (χ0v) is 21.7. The fraction of sp³-hybridized carbons (Fsp3) is 0.536. The van der Waals surface area contributed by atoms with Gasteiger partial charge in [-0.3, -0.25) is 19.7 Å². The van der Waals surface area contributed by atoms with Crippen LogP contribution in [0.15, 0.2) is 41.5 Å². The Kier molecular flexibility index (Phi) is 6.19. The number of carbonyl (C=O) groups is 3. The number of benzene rings is 1. The highest BCUT2D eigenvalue weighted by atomic mass is 35.5. The summed E-state index contributed by atoms with van der Waals surface area (Å²) >= 11 is 6.02.